The Kier molecular flexibility index (Phi) is 6.89. The fraction of sp³-hybridized carbons (Fsp3) is 0.474. The van der Waals surface area contributed by atoms with Gasteiger partial charge in [-0.1, -0.05) is 26.0 Å². The molecule has 2 rings (SSSR count). The van der Waals surface area contributed by atoms with E-state index in [9.17, 15) is 14.7 Å². The topological polar surface area (TPSA) is 85.3 Å². The molecule has 0 radical (unpaired) electrons. The van der Waals surface area contributed by atoms with Crippen molar-refractivity contribution in [3.8, 4) is 5.75 Å². The maximum atomic E-state index is 12.2. The van der Waals surface area contributed by atoms with Gasteiger partial charge in [-0.25, -0.2) is 9.59 Å². The zero-order valence-corrected chi connectivity index (χ0v) is 15.3. The number of nitrogens with zero attached hydrogens (tertiary/aromatic N) is 1. The summed E-state index contributed by atoms with van der Waals surface area (Å²) in [7, 11) is 1.57. The van der Waals surface area contributed by atoms with Gasteiger partial charge in [0, 0.05) is 6.42 Å². The minimum absolute atomic E-state index is 0.180. The quantitative estimate of drug-likeness (QED) is 0.750. The second-order valence-electron chi connectivity index (χ2n) is 6.56. The van der Waals surface area contributed by atoms with E-state index in [-0.39, 0.29) is 25.5 Å². The summed E-state index contributed by atoms with van der Waals surface area (Å²) in [4.78, 5) is 24.9. The van der Waals surface area contributed by atoms with E-state index in [0.29, 0.717) is 5.75 Å². The van der Waals surface area contributed by atoms with Crippen molar-refractivity contribution >= 4 is 18.1 Å². The predicted molar refractivity (Wildman–Crippen MR) is 95.8 cm³/mol. The lowest BCUT2D eigenvalue weighted by molar-refractivity contribution is -0.141. The molecule has 1 aliphatic rings. The lowest BCUT2D eigenvalue weighted by Crippen LogP contribution is -2.41. The van der Waals surface area contributed by atoms with Crippen LogP contribution in [0, 0.1) is 5.92 Å². The molecule has 0 spiro atoms. The van der Waals surface area contributed by atoms with Crippen LogP contribution >= 0.6 is 0 Å². The van der Waals surface area contributed by atoms with Gasteiger partial charge in [-0.15, -0.1) is 0 Å². The summed E-state index contributed by atoms with van der Waals surface area (Å²) in [6, 6.07) is 6.38. The molecule has 0 unspecified atom stereocenters. The first-order chi connectivity index (χ1) is 12.4. The van der Waals surface area contributed by atoms with Gasteiger partial charge in [0.05, 0.1) is 26.5 Å². The molecule has 1 amide bonds. The zero-order valence-electron chi connectivity index (χ0n) is 15.3. The number of hydrogen-bond donors (Lipinski definition) is 1. The lowest BCUT2D eigenvalue weighted by atomic mass is 10.2. The molecule has 7 heteroatoms. The second-order valence-corrected chi connectivity index (χ2v) is 6.56. The van der Waals surface area contributed by atoms with Gasteiger partial charge in [-0.2, -0.15) is 0 Å². The van der Waals surface area contributed by atoms with Crippen molar-refractivity contribution in [2.45, 2.75) is 32.4 Å². The SMILES string of the molecule is COC=Cc1ccc(O[C@H]2C[C@@H](C(=O)O)N(C(=O)OCC(C)C)C2)cc1. The average molecular weight is 363 g/mol. The first-order valence-corrected chi connectivity index (χ1v) is 8.53. The highest BCUT2D eigenvalue weighted by molar-refractivity contribution is 5.81. The van der Waals surface area contributed by atoms with Gasteiger partial charge in [-0.3, -0.25) is 4.90 Å². The smallest absolute Gasteiger partial charge is 0.410 e. The predicted octanol–water partition coefficient (Wildman–Crippen LogP) is 3.00. The van der Waals surface area contributed by atoms with Crippen LogP contribution in [0.25, 0.3) is 6.08 Å². The van der Waals surface area contributed by atoms with E-state index >= 15 is 0 Å². The normalized spacial score (nSPS) is 19.8. The molecule has 142 valence electrons. The fourth-order valence-corrected chi connectivity index (χ4v) is 2.64. The summed E-state index contributed by atoms with van der Waals surface area (Å²) < 4.78 is 15.9. The van der Waals surface area contributed by atoms with Gasteiger partial charge in [0.1, 0.15) is 17.9 Å². The number of carboxylic acid groups (broad SMARTS) is 1. The number of benzene rings is 1. The maximum absolute atomic E-state index is 12.2. The molecule has 7 nitrogen and oxygen atoms in total. The Labute approximate surface area is 153 Å². The first-order valence-electron chi connectivity index (χ1n) is 8.53. The van der Waals surface area contributed by atoms with Crippen LogP contribution in [0.15, 0.2) is 30.5 Å². The molecule has 1 aliphatic heterocycles. The number of carboxylic acids is 1. The number of aliphatic carboxylic acids is 1. The van der Waals surface area contributed by atoms with E-state index in [1.54, 1.807) is 25.5 Å². The number of likely N-dealkylation sites (tertiary alicyclic amines) is 1. The van der Waals surface area contributed by atoms with E-state index < -0.39 is 24.2 Å². The highest BCUT2D eigenvalue weighted by Crippen LogP contribution is 2.24. The molecule has 1 heterocycles. The number of carbonyl (C=O) groups is 2. The lowest BCUT2D eigenvalue weighted by Gasteiger charge is -2.21. The van der Waals surface area contributed by atoms with Crippen molar-refractivity contribution in [2.75, 3.05) is 20.3 Å². The Morgan fingerprint density at radius 2 is 2.00 bits per heavy atom. The molecule has 1 saturated heterocycles. The van der Waals surface area contributed by atoms with Crippen LogP contribution in [-0.2, 0) is 14.3 Å². The minimum atomic E-state index is -1.06. The summed E-state index contributed by atoms with van der Waals surface area (Å²) >= 11 is 0. The third-order valence-corrected chi connectivity index (χ3v) is 3.90. The van der Waals surface area contributed by atoms with Crippen molar-refractivity contribution in [1.82, 2.24) is 4.90 Å². The Morgan fingerprint density at radius 1 is 1.31 bits per heavy atom. The standard InChI is InChI=1S/C19H25NO6/c1-13(2)12-25-19(23)20-11-16(10-17(20)18(21)22)26-15-6-4-14(5-7-15)8-9-24-3/h4-9,13,16-17H,10-12H2,1-3H3,(H,21,22)/t16-,17-/m0/s1. The number of rotatable bonds is 7. The van der Waals surface area contributed by atoms with Gasteiger partial charge < -0.3 is 19.3 Å². The monoisotopic (exact) mass is 363 g/mol. The number of amides is 1. The average Bonchev–Trinajstić information content (AvgIpc) is 3.03. The van der Waals surface area contributed by atoms with Gasteiger partial charge >= 0.3 is 12.1 Å². The van der Waals surface area contributed by atoms with Gasteiger partial charge in [0.25, 0.3) is 0 Å². The number of methoxy groups -OCH3 is 1. The minimum Gasteiger partial charge on any atom is -0.504 e. The summed E-state index contributed by atoms with van der Waals surface area (Å²) in [5.74, 6) is -0.258. The van der Waals surface area contributed by atoms with Crippen LogP contribution in [-0.4, -0.2) is 54.5 Å². The summed E-state index contributed by atoms with van der Waals surface area (Å²) in [6.45, 7) is 4.27. The fourth-order valence-electron chi connectivity index (χ4n) is 2.64. The van der Waals surface area contributed by atoms with Crippen LogP contribution in [0.5, 0.6) is 5.75 Å². The van der Waals surface area contributed by atoms with E-state index in [0.717, 1.165) is 5.56 Å². The number of carbonyl (C=O) groups excluding carboxylic acids is 1. The van der Waals surface area contributed by atoms with Crippen LogP contribution in [0.3, 0.4) is 0 Å². The molecule has 1 aromatic carbocycles. The van der Waals surface area contributed by atoms with Crippen LogP contribution in [0.4, 0.5) is 4.79 Å². The summed E-state index contributed by atoms with van der Waals surface area (Å²) in [5, 5.41) is 9.39. The maximum Gasteiger partial charge on any atom is 0.410 e. The second kappa shape index (κ2) is 9.12. The van der Waals surface area contributed by atoms with Crippen LogP contribution in [0.1, 0.15) is 25.8 Å². The Balaban J connectivity index is 1.99. The molecular weight excluding hydrogens is 338 g/mol. The molecule has 0 aromatic heterocycles. The molecule has 1 N–H and O–H groups in total. The largest absolute Gasteiger partial charge is 0.504 e. The number of ether oxygens (including phenoxy) is 3. The van der Waals surface area contributed by atoms with E-state index in [1.807, 2.05) is 32.1 Å². The van der Waals surface area contributed by atoms with Crippen molar-refractivity contribution in [1.29, 1.82) is 0 Å². The molecule has 26 heavy (non-hydrogen) atoms. The van der Waals surface area contributed by atoms with Gasteiger partial charge in [-0.05, 0) is 29.7 Å². The molecule has 0 aliphatic carbocycles. The third kappa shape index (κ3) is 5.40. The van der Waals surface area contributed by atoms with Crippen LogP contribution < -0.4 is 4.74 Å². The molecule has 1 aromatic rings. The van der Waals surface area contributed by atoms with Crippen molar-refractivity contribution in [2.24, 2.45) is 5.92 Å². The summed E-state index contributed by atoms with van der Waals surface area (Å²) in [5.41, 5.74) is 0.952. The molecule has 1 fully saturated rings. The van der Waals surface area contributed by atoms with Crippen LogP contribution in [0.2, 0.25) is 0 Å². The molecule has 0 bridgehead atoms. The van der Waals surface area contributed by atoms with Crippen molar-refractivity contribution in [3.63, 3.8) is 0 Å². The van der Waals surface area contributed by atoms with Gasteiger partial charge in [0.2, 0.25) is 0 Å². The van der Waals surface area contributed by atoms with Crippen molar-refractivity contribution in [3.05, 3.63) is 36.1 Å². The highest BCUT2D eigenvalue weighted by atomic mass is 16.6. The molecule has 2 atom stereocenters. The molecule has 0 saturated carbocycles. The third-order valence-electron chi connectivity index (χ3n) is 3.90. The summed E-state index contributed by atoms with van der Waals surface area (Å²) in [6.07, 6.45) is 2.59. The highest BCUT2D eigenvalue weighted by Gasteiger charge is 2.41. The Bertz CT molecular complexity index is 640. The zero-order chi connectivity index (χ0) is 19.1. The Morgan fingerprint density at radius 3 is 2.58 bits per heavy atom. The van der Waals surface area contributed by atoms with E-state index in [2.05, 4.69) is 0 Å². The first kappa shape index (κ1) is 19.6. The molecular formula is C19H25NO6. The van der Waals surface area contributed by atoms with E-state index in [1.165, 1.54) is 4.90 Å². The Hall–Kier alpha value is -2.70. The van der Waals surface area contributed by atoms with E-state index in [4.69, 9.17) is 14.2 Å². The number of hydrogen-bond acceptors (Lipinski definition) is 5. The van der Waals surface area contributed by atoms with Crippen molar-refractivity contribution < 1.29 is 28.9 Å². The van der Waals surface area contributed by atoms with Gasteiger partial charge in [0.15, 0.2) is 0 Å².